The first-order chi connectivity index (χ1) is 7.56. The second-order valence-corrected chi connectivity index (χ2v) is 4.57. The van der Waals surface area contributed by atoms with E-state index >= 15 is 0 Å². The topological polar surface area (TPSA) is 23.6 Å². The van der Waals surface area contributed by atoms with Crippen molar-refractivity contribution in [2.75, 3.05) is 26.2 Å². The molecule has 0 saturated carbocycles. The highest BCUT2D eigenvalue weighted by Gasteiger charge is 2.20. The highest BCUT2D eigenvalue weighted by Crippen LogP contribution is 2.06. The number of hydrogen-bond acceptors (Lipinski definition) is 2. The van der Waals surface area contributed by atoms with Crippen LogP contribution < -0.4 is 0 Å². The molecule has 16 heavy (non-hydrogen) atoms. The van der Waals surface area contributed by atoms with Gasteiger partial charge in [0.05, 0.1) is 0 Å². The van der Waals surface area contributed by atoms with Crippen molar-refractivity contribution in [3.8, 4) is 0 Å². The minimum Gasteiger partial charge on any atom is -0.340 e. The van der Waals surface area contributed by atoms with Gasteiger partial charge in [0.25, 0.3) is 0 Å². The Balaban J connectivity index is 0.000000673. The average Bonchev–Trinajstić information content (AvgIpc) is 2.29. The number of piperazine rings is 1. The van der Waals surface area contributed by atoms with Crippen LogP contribution in [0.15, 0.2) is 0 Å². The van der Waals surface area contributed by atoms with Crippen LogP contribution in [0.1, 0.15) is 47.5 Å². The van der Waals surface area contributed by atoms with Crippen LogP contribution in [-0.4, -0.2) is 47.9 Å². The first-order valence-corrected chi connectivity index (χ1v) is 6.58. The summed E-state index contributed by atoms with van der Waals surface area (Å²) in [5.74, 6) is 0.295. The Morgan fingerprint density at radius 2 is 1.50 bits per heavy atom. The lowest BCUT2D eigenvalue weighted by Gasteiger charge is -2.36. The molecule has 1 aliphatic rings. The molecule has 0 bridgehead atoms. The van der Waals surface area contributed by atoms with Crippen molar-refractivity contribution in [1.82, 2.24) is 9.80 Å². The van der Waals surface area contributed by atoms with Gasteiger partial charge >= 0.3 is 0 Å². The van der Waals surface area contributed by atoms with Gasteiger partial charge in [-0.2, -0.15) is 0 Å². The fourth-order valence-electron chi connectivity index (χ4n) is 1.71. The molecule has 3 heteroatoms. The molecule has 0 aromatic rings. The molecule has 1 heterocycles. The van der Waals surface area contributed by atoms with Gasteiger partial charge in [-0.05, 0) is 13.8 Å². The maximum Gasteiger partial charge on any atom is 0.222 e. The maximum atomic E-state index is 11.4. The minimum atomic E-state index is 0.295. The summed E-state index contributed by atoms with van der Waals surface area (Å²) < 4.78 is 0. The van der Waals surface area contributed by atoms with E-state index < -0.39 is 0 Å². The highest BCUT2D eigenvalue weighted by atomic mass is 16.2. The number of hydrogen-bond donors (Lipinski definition) is 0. The molecule has 0 aromatic heterocycles. The van der Waals surface area contributed by atoms with Crippen LogP contribution >= 0.6 is 0 Å². The molecule has 1 aliphatic heterocycles. The van der Waals surface area contributed by atoms with E-state index in [-0.39, 0.29) is 0 Å². The second-order valence-electron chi connectivity index (χ2n) is 4.57. The van der Waals surface area contributed by atoms with Crippen molar-refractivity contribution in [3.63, 3.8) is 0 Å². The number of amides is 1. The molecule has 0 radical (unpaired) electrons. The van der Waals surface area contributed by atoms with Gasteiger partial charge in [0.1, 0.15) is 0 Å². The summed E-state index contributed by atoms with van der Waals surface area (Å²) in [4.78, 5) is 15.7. The zero-order valence-corrected chi connectivity index (χ0v) is 11.6. The molecule has 1 fully saturated rings. The first kappa shape index (κ1) is 15.4. The maximum absolute atomic E-state index is 11.4. The van der Waals surface area contributed by atoms with E-state index in [0.717, 1.165) is 26.2 Å². The van der Waals surface area contributed by atoms with Gasteiger partial charge in [-0.25, -0.2) is 0 Å². The van der Waals surface area contributed by atoms with E-state index in [4.69, 9.17) is 0 Å². The minimum absolute atomic E-state index is 0.295. The smallest absolute Gasteiger partial charge is 0.222 e. The predicted octanol–water partition coefficient (Wildman–Crippen LogP) is 2.37. The molecular formula is C13H28N2O. The summed E-state index contributed by atoms with van der Waals surface area (Å²) in [6.07, 6.45) is 1.89. The lowest BCUT2D eigenvalue weighted by Crippen LogP contribution is -2.50. The van der Waals surface area contributed by atoms with Crippen molar-refractivity contribution >= 4 is 5.91 Å². The number of nitrogens with zero attached hydrogens (tertiary/aromatic N) is 2. The SMILES string of the molecule is CCC.CCC(=O)N1CCN(C(C)C)CC1. The molecule has 1 rings (SSSR count). The van der Waals surface area contributed by atoms with Crippen LogP contribution in [0, 0.1) is 0 Å². The van der Waals surface area contributed by atoms with Crippen LogP contribution in [0.2, 0.25) is 0 Å². The highest BCUT2D eigenvalue weighted by molar-refractivity contribution is 5.75. The third-order valence-corrected chi connectivity index (χ3v) is 2.70. The molecule has 96 valence electrons. The number of carbonyl (C=O) groups excluding carboxylic acids is 1. The fraction of sp³-hybridized carbons (Fsp3) is 0.923. The number of rotatable bonds is 2. The van der Waals surface area contributed by atoms with Crippen molar-refractivity contribution in [2.24, 2.45) is 0 Å². The Hall–Kier alpha value is -0.570. The van der Waals surface area contributed by atoms with Crippen LogP contribution in [0.4, 0.5) is 0 Å². The van der Waals surface area contributed by atoms with E-state index in [0.29, 0.717) is 18.4 Å². The van der Waals surface area contributed by atoms with Gasteiger partial charge in [-0.1, -0.05) is 27.2 Å². The van der Waals surface area contributed by atoms with Crippen LogP contribution in [0.25, 0.3) is 0 Å². The zero-order valence-electron chi connectivity index (χ0n) is 11.6. The Kier molecular flexibility index (Phi) is 8.26. The molecule has 0 atom stereocenters. The van der Waals surface area contributed by atoms with Crippen LogP contribution in [0.3, 0.4) is 0 Å². The summed E-state index contributed by atoms with van der Waals surface area (Å²) in [6, 6.07) is 0.610. The normalized spacial score (nSPS) is 17.0. The van der Waals surface area contributed by atoms with Crippen LogP contribution in [0.5, 0.6) is 0 Å². The van der Waals surface area contributed by atoms with E-state index in [9.17, 15) is 4.79 Å². The van der Waals surface area contributed by atoms with Gasteiger partial charge in [-0.15, -0.1) is 0 Å². The molecule has 0 unspecified atom stereocenters. The lowest BCUT2D eigenvalue weighted by molar-refractivity contribution is -0.132. The van der Waals surface area contributed by atoms with Gasteiger partial charge in [0.15, 0.2) is 0 Å². The third kappa shape index (κ3) is 5.50. The molecule has 0 aromatic carbocycles. The van der Waals surface area contributed by atoms with Gasteiger partial charge in [-0.3, -0.25) is 9.69 Å². The van der Waals surface area contributed by atoms with Crippen molar-refractivity contribution in [3.05, 3.63) is 0 Å². The van der Waals surface area contributed by atoms with Gasteiger partial charge in [0.2, 0.25) is 5.91 Å². The van der Waals surface area contributed by atoms with Crippen LogP contribution in [-0.2, 0) is 4.79 Å². The Morgan fingerprint density at radius 3 is 1.81 bits per heavy atom. The molecule has 0 spiro atoms. The van der Waals surface area contributed by atoms with E-state index in [1.54, 1.807) is 0 Å². The van der Waals surface area contributed by atoms with E-state index in [1.165, 1.54) is 6.42 Å². The summed E-state index contributed by atoms with van der Waals surface area (Å²) in [5.41, 5.74) is 0. The van der Waals surface area contributed by atoms with Crippen molar-refractivity contribution in [1.29, 1.82) is 0 Å². The summed E-state index contributed by atoms with van der Waals surface area (Å²) in [7, 11) is 0. The first-order valence-electron chi connectivity index (χ1n) is 6.58. The largest absolute Gasteiger partial charge is 0.340 e. The third-order valence-electron chi connectivity index (χ3n) is 2.70. The average molecular weight is 228 g/mol. The van der Waals surface area contributed by atoms with Crippen molar-refractivity contribution < 1.29 is 4.79 Å². The number of carbonyl (C=O) groups is 1. The quantitative estimate of drug-likeness (QED) is 0.724. The summed E-state index contributed by atoms with van der Waals surface area (Å²) in [5, 5.41) is 0. The molecule has 0 N–H and O–H groups in total. The molecule has 0 aliphatic carbocycles. The molecule has 1 amide bonds. The lowest BCUT2D eigenvalue weighted by atomic mass is 10.2. The summed E-state index contributed by atoms with van der Waals surface area (Å²) >= 11 is 0. The standard InChI is InChI=1S/C10H20N2O.C3H8/c1-4-10(13)12-7-5-11(6-8-12)9(2)3;1-3-2/h9H,4-8H2,1-3H3;3H2,1-2H3. The zero-order chi connectivity index (χ0) is 12.6. The van der Waals surface area contributed by atoms with E-state index in [1.807, 2.05) is 11.8 Å². The second kappa shape index (κ2) is 8.57. The Bertz CT molecular complexity index is 184. The monoisotopic (exact) mass is 228 g/mol. The molecule has 1 saturated heterocycles. The van der Waals surface area contributed by atoms with Gasteiger partial charge in [0, 0.05) is 38.6 Å². The molecular weight excluding hydrogens is 200 g/mol. The Morgan fingerprint density at radius 1 is 1.06 bits per heavy atom. The predicted molar refractivity (Wildman–Crippen MR) is 69.5 cm³/mol. The summed E-state index contributed by atoms with van der Waals surface area (Å²) in [6.45, 7) is 14.5. The molecule has 3 nitrogen and oxygen atoms in total. The fourth-order valence-corrected chi connectivity index (χ4v) is 1.71. The van der Waals surface area contributed by atoms with Crippen molar-refractivity contribution in [2.45, 2.75) is 53.5 Å². The Labute approximate surface area is 101 Å². The van der Waals surface area contributed by atoms with Gasteiger partial charge < -0.3 is 4.90 Å². The van der Waals surface area contributed by atoms with E-state index in [2.05, 4.69) is 32.6 Å².